The van der Waals surface area contributed by atoms with Crippen LogP contribution in [0.4, 0.5) is 0 Å². The number of ether oxygens (including phenoxy) is 1. The zero-order valence-electron chi connectivity index (χ0n) is 14.4. The highest BCUT2D eigenvalue weighted by Gasteiger charge is 2.30. The van der Waals surface area contributed by atoms with Gasteiger partial charge in [-0.2, -0.15) is 9.40 Å². The molecule has 0 atom stereocenters. The zero-order chi connectivity index (χ0) is 18.1. The number of piperidine rings is 1. The summed E-state index contributed by atoms with van der Waals surface area (Å²) in [6.45, 7) is 1.49. The summed E-state index contributed by atoms with van der Waals surface area (Å²) in [5.41, 5.74) is 0.770. The Morgan fingerprint density at radius 2 is 2.08 bits per heavy atom. The molecule has 0 N–H and O–H groups in total. The molecule has 4 rings (SSSR count). The van der Waals surface area contributed by atoms with Gasteiger partial charge in [-0.1, -0.05) is 0 Å². The van der Waals surface area contributed by atoms with Crippen molar-refractivity contribution in [3.8, 4) is 5.88 Å². The SMILES string of the molecule is Cn1cc(S(=O)(=O)N2CCC(COc3ccc4nccn4n3)CC2)cn1. The molecule has 9 nitrogen and oxygen atoms in total. The molecule has 0 aromatic carbocycles. The first-order chi connectivity index (χ1) is 12.5. The predicted octanol–water partition coefficient (Wildman–Crippen LogP) is 0.942. The van der Waals surface area contributed by atoms with Gasteiger partial charge in [0, 0.05) is 44.8 Å². The van der Waals surface area contributed by atoms with Crippen molar-refractivity contribution in [2.45, 2.75) is 17.7 Å². The Kier molecular flexibility index (Phi) is 4.37. The van der Waals surface area contributed by atoms with Crippen LogP contribution < -0.4 is 4.74 Å². The minimum absolute atomic E-state index is 0.243. The Bertz CT molecular complexity index is 1000. The van der Waals surface area contributed by atoms with Crippen LogP contribution in [-0.2, 0) is 17.1 Å². The van der Waals surface area contributed by atoms with E-state index in [-0.39, 0.29) is 4.90 Å². The van der Waals surface area contributed by atoms with E-state index in [1.807, 2.05) is 6.07 Å². The number of sulfonamides is 1. The van der Waals surface area contributed by atoms with E-state index in [2.05, 4.69) is 15.2 Å². The van der Waals surface area contributed by atoms with Gasteiger partial charge in [0.1, 0.15) is 4.90 Å². The van der Waals surface area contributed by atoms with E-state index < -0.39 is 10.0 Å². The maximum absolute atomic E-state index is 12.6. The van der Waals surface area contributed by atoms with E-state index in [1.165, 1.54) is 21.4 Å². The monoisotopic (exact) mass is 376 g/mol. The van der Waals surface area contributed by atoms with Gasteiger partial charge in [-0.25, -0.2) is 17.9 Å². The minimum Gasteiger partial charge on any atom is -0.476 e. The van der Waals surface area contributed by atoms with E-state index in [9.17, 15) is 8.42 Å². The molecule has 0 amide bonds. The summed E-state index contributed by atoms with van der Waals surface area (Å²) in [7, 11) is -1.76. The number of aromatic nitrogens is 5. The number of rotatable bonds is 5. The molecule has 4 heterocycles. The van der Waals surface area contributed by atoms with Crippen molar-refractivity contribution in [1.29, 1.82) is 0 Å². The Hall–Kier alpha value is -2.46. The quantitative estimate of drug-likeness (QED) is 0.658. The number of hydrogen-bond donors (Lipinski definition) is 0. The van der Waals surface area contributed by atoms with Crippen LogP contribution in [-0.4, -0.2) is 56.8 Å². The largest absolute Gasteiger partial charge is 0.476 e. The second-order valence-electron chi connectivity index (χ2n) is 6.41. The third-order valence-corrected chi connectivity index (χ3v) is 6.44. The van der Waals surface area contributed by atoms with Gasteiger partial charge < -0.3 is 4.74 Å². The molecule has 10 heteroatoms. The molecule has 0 unspecified atom stereocenters. The molecule has 0 bridgehead atoms. The summed E-state index contributed by atoms with van der Waals surface area (Å²) in [5, 5.41) is 8.28. The lowest BCUT2D eigenvalue weighted by molar-refractivity contribution is 0.179. The maximum Gasteiger partial charge on any atom is 0.246 e. The fourth-order valence-electron chi connectivity index (χ4n) is 3.08. The van der Waals surface area contributed by atoms with Gasteiger partial charge in [0.2, 0.25) is 15.9 Å². The molecule has 138 valence electrons. The molecule has 1 fully saturated rings. The third-order valence-electron chi connectivity index (χ3n) is 4.59. The molecule has 1 aliphatic heterocycles. The molecule has 26 heavy (non-hydrogen) atoms. The van der Waals surface area contributed by atoms with E-state index >= 15 is 0 Å². The van der Waals surface area contributed by atoms with Crippen molar-refractivity contribution < 1.29 is 13.2 Å². The predicted molar refractivity (Wildman–Crippen MR) is 93.2 cm³/mol. The highest BCUT2D eigenvalue weighted by Crippen LogP contribution is 2.24. The maximum atomic E-state index is 12.6. The first-order valence-corrected chi connectivity index (χ1v) is 9.88. The molecule has 0 radical (unpaired) electrons. The van der Waals surface area contributed by atoms with Crippen molar-refractivity contribution in [2.75, 3.05) is 19.7 Å². The second-order valence-corrected chi connectivity index (χ2v) is 8.35. The van der Waals surface area contributed by atoms with Crippen LogP contribution in [0.25, 0.3) is 5.65 Å². The van der Waals surface area contributed by atoms with E-state index in [1.54, 1.807) is 30.0 Å². The van der Waals surface area contributed by atoms with Crippen LogP contribution in [0.1, 0.15) is 12.8 Å². The Morgan fingerprint density at radius 3 is 2.81 bits per heavy atom. The summed E-state index contributed by atoms with van der Waals surface area (Å²) in [6, 6.07) is 3.65. The summed E-state index contributed by atoms with van der Waals surface area (Å²) < 4.78 is 35.7. The second kappa shape index (κ2) is 6.69. The van der Waals surface area contributed by atoms with Gasteiger partial charge in [0.05, 0.1) is 12.8 Å². The lowest BCUT2D eigenvalue weighted by atomic mass is 9.99. The summed E-state index contributed by atoms with van der Waals surface area (Å²) in [4.78, 5) is 4.39. The van der Waals surface area contributed by atoms with Gasteiger partial charge in [-0.05, 0) is 24.8 Å². The van der Waals surface area contributed by atoms with E-state index in [4.69, 9.17) is 4.74 Å². The number of imidazole rings is 1. The third kappa shape index (κ3) is 3.29. The summed E-state index contributed by atoms with van der Waals surface area (Å²) in [5.74, 6) is 0.844. The molecule has 0 aliphatic carbocycles. The molecule has 3 aromatic heterocycles. The lowest BCUT2D eigenvalue weighted by Gasteiger charge is -2.30. The van der Waals surface area contributed by atoms with Gasteiger partial charge >= 0.3 is 0 Å². The normalized spacial score (nSPS) is 17.0. The minimum atomic E-state index is -3.46. The fraction of sp³-hybridized carbons (Fsp3) is 0.438. The van der Waals surface area contributed by atoms with Crippen LogP contribution in [0.2, 0.25) is 0 Å². The van der Waals surface area contributed by atoms with Gasteiger partial charge in [0.15, 0.2) is 5.65 Å². The molecular formula is C16H20N6O3S. The topological polar surface area (TPSA) is 94.6 Å². The Labute approximate surface area is 151 Å². The smallest absolute Gasteiger partial charge is 0.246 e. The van der Waals surface area contributed by atoms with Crippen molar-refractivity contribution in [2.24, 2.45) is 13.0 Å². The van der Waals surface area contributed by atoms with Crippen molar-refractivity contribution in [3.63, 3.8) is 0 Å². The van der Waals surface area contributed by atoms with E-state index in [0.717, 1.165) is 18.5 Å². The molecule has 0 spiro atoms. The van der Waals surface area contributed by atoms with Gasteiger partial charge in [-0.15, -0.1) is 5.10 Å². The standard InChI is InChI=1S/C16H20N6O3S/c1-20-11-14(10-18-20)26(23,24)21-7-4-13(5-8-21)12-25-16-3-2-15-17-6-9-22(15)19-16/h2-3,6,9-11,13H,4-5,7-8,12H2,1H3. The first kappa shape index (κ1) is 17.0. The molecule has 1 aliphatic rings. The van der Waals surface area contributed by atoms with Crippen molar-refractivity contribution in [1.82, 2.24) is 28.7 Å². The number of hydrogen-bond acceptors (Lipinski definition) is 6. The average Bonchev–Trinajstić information content (AvgIpc) is 3.29. The highest BCUT2D eigenvalue weighted by molar-refractivity contribution is 7.89. The highest BCUT2D eigenvalue weighted by atomic mass is 32.2. The fourth-order valence-corrected chi connectivity index (χ4v) is 4.53. The number of nitrogens with zero attached hydrogens (tertiary/aromatic N) is 6. The molecular weight excluding hydrogens is 356 g/mol. The van der Waals surface area contributed by atoms with Crippen LogP contribution in [0.5, 0.6) is 5.88 Å². The van der Waals surface area contributed by atoms with Crippen molar-refractivity contribution >= 4 is 15.7 Å². The molecule has 1 saturated heterocycles. The number of fused-ring (bicyclic) bond motifs is 1. The van der Waals surface area contributed by atoms with Gasteiger partial charge in [-0.3, -0.25) is 4.68 Å². The van der Waals surface area contributed by atoms with Crippen LogP contribution >= 0.6 is 0 Å². The summed E-state index contributed by atoms with van der Waals surface area (Å²) in [6.07, 6.45) is 7.89. The van der Waals surface area contributed by atoms with Crippen LogP contribution in [0.15, 0.2) is 41.8 Å². The summed E-state index contributed by atoms with van der Waals surface area (Å²) >= 11 is 0. The van der Waals surface area contributed by atoms with Crippen LogP contribution in [0, 0.1) is 5.92 Å². The van der Waals surface area contributed by atoms with Crippen molar-refractivity contribution in [3.05, 3.63) is 36.9 Å². The Balaban J connectivity index is 1.33. The average molecular weight is 376 g/mol. The molecule has 0 saturated carbocycles. The van der Waals surface area contributed by atoms with Gasteiger partial charge in [0.25, 0.3) is 0 Å². The first-order valence-electron chi connectivity index (χ1n) is 8.44. The van der Waals surface area contributed by atoms with E-state index in [0.29, 0.717) is 31.5 Å². The lowest BCUT2D eigenvalue weighted by Crippen LogP contribution is -2.39. The van der Waals surface area contributed by atoms with Crippen LogP contribution in [0.3, 0.4) is 0 Å². The number of aryl methyl sites for hydroxylation is 1. The Morgan fingerprint density at radius 1 is 1.27 bits per heavy atom. The molecule has 3 aromatic rings. The zero-order valence-corrected chi connectivity index (χ0v) is 15.2.